The molecule has 0 aromatic carbocycles. The van der Waals surface area contributed by atoms with Crippen LogP contribution in [-0.2, 0) is 0 Å². The van der Waals surface area contributed by atoms with Crippen LogP contribution in [0.15, 0.2) is 0 Å². The lowest BCUT2D eigenvalue weighted by Gasteiger charge is -2.44. The van der Waals surface area contributed by atoms with E-state index < -0.39 is 8.53 Å². The third-order valence-corrected chi connectivity index (χ3v) is 3.32. The Kier molecular flexibility index (Phi) is 6.10. The molecule has 0 saturated carbocycles. The summed E-state index contributed by atoms with van der Waals surface area (Å²) >= 11 is 0. The predicted octanol–water partition coefficient (Wildman–Crippen LogP) is 1.28. The van der Waals surface area contributed by atoms with E-state index in [1.807, 2.05) is 0 Å². The van der Waals surface area contributed by atoms with E-state index in [9.17, 15) is 0 Å². The van der Waals surface area contributed by atoms with Gasteiger partial charge in [0.25, 0.3) is 0 Å². The molecule has 4 nitrogen and oxygen atoms in total. The number of nitrogens with zero attached hydrogens (tertiary/aromatic N) is 1. The van der Waals surface area contributed by atoms with Gasteiger partial charge >= 0.3 is 0 Å². The third kappa shape index (κ3) is 4.67. The second kappa shape index (κ2) is 5.99. The molecule has 1 rings (SSSR count). The number of hydrogen-bond acceptors (Lipinski definition) is 4. The fraction of sp³-hybridized carbons (Fsp3) is 1.00. The molecule has 0 aromatic heterocycles. The van der Waals surface area contributed by atoms with Gasteiger partial charge in [0.05, 0.1) is 0 Å². The Morgan fingerprint density at radius 2 is 1.86 bits per heavy atom. The highest BCUT2D eigenvalue weighted by Crippen LogP contribution is 2.30. The van der Waals surface area contributed by atoms with Gasteiger partial charge in [0.1, 0.15) is 0 Å². The van der Waals surface area contributed by atoms with Gasteiger partial charge in [-0.05, 0) is 46.2 Å². The summed E-state index contributed by atoms with van der Waals surface area (Å²) in [6, 6.07) is 0. The Morgan fingerprint density at radius 3 is 2.14 bits per heavy atom. The topological polar surface area (TPSA) is 69.7 Å². The first-order chi connectivity index (χ1) is 6.28. The summed E-state index contributed by atoms with van der Waals surface area (Å²) in [5.74, 6) is 0.853. The summed E-state index contributed by atoms with van der Waals surface area (Å²) in [6.07, 6.45) is 2.78. The van der Waals surface area contributed by atoms with Gasteiger partial charge in [-0.25, -0.2) is 0 Å². The second-order valence-corrected chi connectivity index (χ2v) is 5.08. The average molecular weight is 222 g/mol. The molecular formula is C9H23N2O2P. The Hall–Kier alpha value is 0.270. The van der Waals surface area contributed by atoms with Gasteiger partial charge in [-0.15, -0.1) is 0 Å². The molecule has 1 atom stereocenters. The molecule has 0 spiro atoms. The van der Waals surface area contributed by atoms with Crippen molar-refractivity contribution in [2.75, 3.05) is 13.6 Å². The monoisotopic (exact) mass is 222 g/mol. The Morgan fingerprint density at radius 1 is 1.43 bits per heavy atom. The highest BCUT2D eigenvalue weighted by molar-refractivity contribution is 7.42. The maximum atomic E-state index is 7.45. The largest absolute Gasteiger partial charge is 0.338 e. The van der Waals surface area contributed by atoms with E-state index in [0.717, 1.165) is 5.92 Å². The molecule has 0 amide bonds. The van der Waals surface area contributed by atoms with Crippen molar-refractivity contribution in [1.29, 1.82) is 0 Å². The maximum absolute atomic E-state index is 7.45. The zero-order valence-electron chi connectivity index (χ0n) is 9.56. The average Bonchev–Trinajstić information content (AvgIpc) is 2.00. The van der Waals surface area contributed by atoms with Crippen molar-refractivity contribution >= 4 is 8.53 Å². The van der Waals surface area contributed by atoms with Crippen LogP contribution in [0.1, 0.15) is 33.6 Å². The van der Waals surface area contributed by atoms with Crippen LogP contribution < -0.4 is 5.50 Å². The van der Waals surface area contributed by atoms with Crippen molar-refractivity contribution in [1.82, 2.24) is 4.90 Å². The first-order valence-electron chi connectivity index (χ1n) is 4.92. The number of rotatable bonds is 0. The fourth-order valence-electron chi connectivity index (χ4n) is 1.65. The molecule has 5 heteroatoms. The summed E-state index contributed by atoms with van der Waals surface area (Å²) in [5.41, 5.74) is 4.72. The Labute approximate surface area is 88.1 Å². The first kappa shape index (κ1) is 14.3. The molecule has 14 heavy (non-hydrogen) atoms. The Bertz CT molecular complexity index is 150. The van der Waals surface area contributed by atoms with Crippen molar-refractivity contribution in [3.63, 3.8) is 0 Å². The summed E-state index contributed by atoms with van der Waals surface area (Å²) in [7, 11) is 0.111. The number of nitrogens with two attached hydrogens (primary N) is 1. The summed E-state index contributed by atoms with van der Waals surface area (Å²) < 4.78 is 0. The van der Waals surface area contributed by atoms with Crippen LogP contribution in [0.2, 0.25) is 0 Å². The molecule has 1 aliphatic heterocycles. The summed E-state index contributed by atoms with van der Waals surface area (Å²) in [6.45, 7) is 8.32. The molecule has 4 N–H and O–H groups in total. The van der Waals surface area contributed by atoms with E-state index in [1.165, 1.54) is 19.4 Å². The third-order valence-electron chi connectivity index (χ3n) is 3.32. The summed E-state index contributed by atoms with van der Waals surface area (Å²) in [5, 5.41) is 0. The molecule has 1 aliphatic rings. The fourth-order valence-corrected chi connectivity index (χ4v) is 1.65. The lowest BCUT2D eigenvalue weighted by molar-refractivity contribution is 0.0547. The molecular weight excluding hydrogens is 199 g/mol. The molecule has 1 fully saturated rings. The van der Waals surface area contributed by atoms with Crippen LogP contribution in [-0.4, -0.2) is 33.8 Å². The van der Waals surface area contributed by atoms with Crippen LogP contribution in [0.25, 0.3) is 0 Å². The van der Waals surface area contributed by atoms with E-state index in [0.29, 0.717) is 5.54 Å². The standard InChI is InChI=1S/C9H19N.H4NO2P/c1-8-6-5-7-10(4)9(8,2)3;1-4(2)3/h8H,5-7H2,1-4H3;2-3H,1H2. The van der Waals surface area contributed by atoms with Gasteiger partial charge in [0, 0.05) is 5.54 Å². The lowest BCUT2D eigenvalue weighted by atomic mass is 9.81. The summed E-state index contributed by atoms with van der Waals surface area (Å²) in [4.78, 5) is 17.4. The van der Waals surface area contributed by atoms with Crippen molar-refractivity contribution in [2.24, 2.45) is 11.4 Å². The minimum Gasteiger partial charge on any atom is -0.338 e. The minimum atomic E-state index is -2.12. The van der Waals surface area contributed by atoms with E-state index in [2.05, 4.69) is 38.2 Å². The molecule has 1 heterocycles. The minimum absolute atomic E-state index is 0.429. The zero-order chi connectivity index (χ0) is 11.4. The van der Waals surface area contributed by atoms with Crippen LogP contribution >= 0.6 is 8.53 Å². The van der Waals surface area contributed by atoms with E-state index in [-0.39, 0.29) is 0 Å². The van der Waals surface area contributed by atoms with Gasteiger partial charge in [0.15, 0.2) is 0 Å². The van der Waals surface area contributed by atoms with Gasteiger partial charge in [-0.2, -0.15) is 0 Å². The van der Waals surface area contributed by atoms with Crippen molar-refractivity contribution in [2.45, 2.75) is 39.2 Å². The van der Waals surface area contributed by atoms with Crippen molar-refractivity contribution in [3.05, 3.63) is 0 Å². The first-order valence-corrected chi connectivity index (χ1v) is 6.24. The van der Waals surface area contributed by atoms with Crippen LogP contribution in [0.4, 0.5) is 0 Å². The van der Waals surface area contributed by atoms with Crippen LogP contribution in [0, 0.1) is 5.92 Å². The molecule has 0 aromatic rings. The van der Waals surface area contributed by atoms with Crippen LogP contribution in [0.3, 0.4) is 0 Å². The molecule has 1 unspecified atom stereocenters. The lowest BCUT2D eigenvalue weighted by Crippen LogP contribution is -2.49. The highest BCUT2D eigenvalue weighted by Gasteiger charge is 2.32. The number of likely N-dealkylation sites (tertiary alicyclic amines) is 1. The highest BCUT2D eigenvalue weighted by atomic mass is 31.2. The van der Waals surface area contributed by atoms with E-state index in [1.54, 1.807) is 0 Å². The molecule has 0 bridgehead atoms. The smallest absolute Gasteiger partial charge is 0.247 e. The zero-order valence-corrected chi connectivity index (χ0v) is 10.5. The number of hydrogen-bond donors (Lipinski definition) is 3. The van der Waals surface area contributed by atoms with Gasteiger partial charge in [-0.3, -0.25) is 5.50 Å². The number of piperidine rings is 1. The van der Waals surface area contributed by atoms with Gasteiger partial charge in [0.2, 0.25) is 8.53 Å². The van der Waals surface area contributed by atoms with E-state index >= 15 is 0 Å². The molecule has 0 radical (unpaired) electrons. The van der Waals surface area contributed by atoms with Crippen molar-refractivity contribution in [3.8, 4) is 0 Å². The molecule has 0 aliphatic carbocycles. The van der Waals surface area contributed by atoms with Gasteiger partial charge in [-0.1, -0.05) is 6.92 Å². The SMILES string of the molecule is CC1CCCN(C)C1(C)C.NP(O)O. The maximum Gasteiger partial charge on any atom is 0.247 e. The van der Waals surface area contributed by atoms with Crippen molar-refractivity contribution < 1.29 is 9.79 Å². The quantitative estimate of drug-likeness (QED) is 0.540. The van der Waals surface area contributed by atoms with Gasteiger partial charge < -0.3 is 14.7 Å². The Balaban J connectivity index is 0.000000364. The molecule has 1 saturated heterocycles. The van der Waals surface area contributed by atoms with Crippen LogP contribution in [0.5, 0.6) is 0 Å². The second-order valence-electron chi connectivity index (χ2n) is 4.44. The normalized spacial score (nSPS) is 27.0. The van der Waals surface area contributed by atoms with E-state index in [4.69, 9.17) is 9.79 Å². The molecule has 86 valence electrons. The predicted molar refractivity (Wildman–Crippen MR) is 60.7 cm³/mol.